The smallest absolute Gasteiger partial charge is 0.307 e. The SMILES string of the molecule is CCCCCOc1ccc(Cl)cc1CCNC(=O)C1CCCCC1C(=O)O. The Morgan fingerprint density at radius 3 is 2.67 bits per heavy atom. The zero-order chi connectivity index (χ0) is 19.6. The van der Waals surface area contributed by atoms with Crippen molar-refractivity contribution in [1.29, 1.82) is 0 Å². The van der Waals surface area contributed by atoms with Gasteiger partial charge >= 0.3 is 5.97 Å². The van der Waals surface area contributed by atoms with Gasteiger partial charge in [-0.05, 0) is 49.4 Å². The number of carboxylic acid groups (broad SMARTS) is 1. The maximum absolute atomic E-state index is 12.5. The Morgan fingerprint density at radius 2 is 1.96 bits per heavy atom. The van der Waals surface area contributed by atoms with E-state index in [2.05, 4.69) is 12.2 Å². The quantitative estimate of drug-likeness (QED) is 0.573. The number of amides is 1. The number of nitrogens with one attached hydrogen (secondary N) is 1. The van der Waals surface area contributed by atoms with Crippen LogP contribution in [0.2, 0.25) is 5.02 Å². The fourth-order valence-corrected chi connectivity index (χ4v) is 3.80. The molecule has 1 aliphatic rings. The summed E-state index contributed by atoms with van der Waals surface area (Å²) in [7, 11) is 0. The first-order valence-corrected chi connectivity index (χ1v) is 10.3. The summed E-state index contributed by atoms with van der Waals surface area (Å²) in [5, 5.41) is 12.9. The Balaban J connectivity index is 1.89. The molecule has 6 heteroatoms. The first-order chi connectivity index (χ1) is 13.0. The van der Waals surface area contributed by atoms with Crippen LogP contribution in [0.4, 0.5) is 0 Å². The van der Waals surface area contributed by atoms with E-state index in [0.29, 0.717) is 37.4 Å². The number of benzene rings is 1. The van der Waals surface area contributed by atoms with Crippen LogP contribution in [0.25, 0.3) is 0 Å². The summed E-state index contributed by atoms with van der Waals surface area (Å²) < 4.78 is 5.87. The first kappa shape index (κ1) is 21.5. The Morgan fingerprint density at radius 1 is 1.22 bits per heavy atom. The number of unbranched alkanes of at least 4 members (excludes halogenated alkanes) is 2. The molecule has 0 spiro atoms. The lowest BCUT2D eigenvalue weighted by Gasteiger charge is -2.27. The number of hydrogen-bond donors (Lipinski definition) is 2. The Bertz CT molecular complexity index is 635. The van der Waals surface area contributed by atoms with Crippen LogP contribution < -0.4 is 10.1 Å². The summed E-state index contributed by atoms with van der Waals surface area (Å²) >= 11 is 6.11. The van der Waals surface area contributed by atoms with Crippen molar-refractivity contribution in [3.63, 3.8) is 0 Å². The van der Waals surface area contributed by atoms with E-state index < -0.39 is 17.8 Å². The predicted octanol–water partition coefficient (Wildman–Crippen LogP) is 4.46. The predicted molar refractivity (Wildman–Crippen MR) is 106 cm³/mol. The number of halogens is 1. The van der Waals surface area contributed by atoms with Gasteiger partial charge < -0.3 is 15.2 Å². The van der Waals surface area contributed by atoms with Crippen LogP contribution in [0.1, 0.15) is 57.4 Å². The van der Waals surface area contributed by atoms with E-state index in [1.807, 2.05) is 12.1 Å². The molecule has 1 aliphatic carbocycles. The molecule has 5 nitrogen and oxygen atoms in total. The highest BCUT2D eigenvalue weighted by Gasteiger charge is 2.35. The molecule has 0 aromatic heterocycles. The van der Waals surface area contributed by atoms with Crippen molar-refractivity contribution in [2.45, 2.75) is 58.3 Å². The number of aliphatic carboxylic acids is 1. The number of carbonyl (C=O) groups is 2. The summed E-state index contributed by atoms with van der Waals surface area (Å²) in [6.45, 7) is 3.25. The standard InChI is InChI=1S/C21H30ClNO4/c1-2-3-6-13-27-19-10-9-16(22)14-15(19)11-12-23-20(24)17-7-4-5-8-18(17)21(25)26/h9-10,14,17-18H,2-8,11-13H2,1H3,(H,23,24)(H,25,26). The fourth-order valence-electron chi connectivity index (χ4n) is 3.61. The molecule has 1 saturated carbocycles. The van der Waals surface area contributed by atoms with Crippen LogP contribution in [0.5, 0.6) is 5.75 Å². The van der Waals surface area contributed by atoms with Crippen LogP contribution >= 0.6 is 11.6 Å². The summed E-state index contributed by atoms with van der Waals surface area (Å²) in [6, 6.07) is 5.54. The molecule has 0 saturated heterocycles. The molecule has 2 rings (SSSR count). The number of hydrogen-bond acceptors (Lipinski definition) is 3. The number of ether oxygens (including phenoxy) is 1. The van der Waals surface area contributed by atoms with Gasteiger partial charge in [0, 0.05) is 11.6 Å². The van der Waals surface area contributed by atoms with Gasteiger partial charge in [-0.3, -0.25) is 9.59 Å². The highest BCUT2D eigenvalue weighted by molar-refractivity contribution is 6.30. The van der Waals surface area contributed by atoms with E-state index in [0.717, 1.165) is 43.4 Å². The summed E-state index contributed by atoms with van der Waals surface area (Å²) in [5.41, 5.74) is 0.956. The minimum Gasteiger partial charge on any atom is -0.493 e. The third-order valence-electron chi connectivity index (χ3n) is 5.14. The molecule has 1 aromatic carbocycles. The average molecular weight is 396 g/mol. The summed E-state index contributed by atoms with van der Waals surface area (Å²) in [4.78, 5) is 23.8. The van der Waals surface area contributed by atoms with Gasteiger partial charge in [0.05, 0.1) is 18.4 Å². The molecule has 0 bridgehead atoms. The minimum atomic E-state index is -0.868. The second-order valence-corrected chi connectivity index (χ2v) is 7.62. The number of rotatable bonds is 10. The molecule has 0 radical (unpaired) electrons. The van der Waals surface area contributed by atoms with Crippen molar-refractivity contribution in [3.8, 4) is 5.75 Å². The monoisotopic (exact) mass is 395 g/mol. The van der Waals surface area contributed by atoms with E-state index in [9.17, 15) is 14.7 Å². The van der Waals surface area contributed by atoms with E-state index in [1.165, 1.54) is 0 Å². The van der Waals surface area contributed by atoms with Crippen molar-refractivity contribution < 1.29 is 19.4 Å². The first-order valence-electron chi connectivity index (χ1n) is 9.94. The number of carboxylic acids is 1. The molecule has 1 fully saturated rings. The van der Waals surface area contributed by atoms with Gasteiger partial charge in [-0.2, -0.15) is 0 Å². The molecule has 27 heavy (non-hydrogen) atoms. The lowest BCUT2D eigenvalue weighted by atomic mass is 9.78. The van der Waals surface area contributed by atoms with Crippen molar-refractivity contribution >= 4 is 23.5 Å². The zero-order valence-corrected chi connectivity index (χ0v) is 16.8. The molecule has 0 heterocycles. The van der Waals surface area contributed by atoms with Gasteiger partial charge in [-0.1, -0.05) is 44.2 Å². The second-order valence-electron chi connectivity index (χ2n) is 7.18. The normalized spacial score (nSPS) is 19.5. The lowest BCUT2D eigenvalue weighted by Crippen LogP contribution is -2.40. The molecular formula is C21H30ClNO4. The molecule has 2 unspecified atom stereocenters. The van der Waals surface area contributed by atoms with Crippen molar-refractivity contribution in [3.05, 3.63) is 28.8 Å². The zero-order valence-electron chi connectivity index (χ0n) is 16.0. The number of carbonyl (C=O) groups excluding carboxylic acids is 1. The third-order valence-corrected chi connectivity index (χ3v) is 5.38. The van der Waals surface area contributed by atoms with Gasteiger partial charge in [0.25, 0.3) is 0 Å². The van der Waals surface area contributed by atoms with Crippen molar-refractivity contribution in [1.82, 2.24) is 5.32 Å². The van der Waals surface area contributed by atoms with Crippen LogP contribution in [0.15, 0.2) is 18.2 Å². The van der Waals surface area contributed by atoms with Crippen LogP contribution in [0.3, 0.4) is 0 Å². The highest BCUT2D eigenvalue weighted by Crippen LogP contribution is 2.30. The molecule has 2 N–H and O–H groups in total. The largest absolute Gasteiger partial charge is 0.493 e. The van der Waals surface area contributed by atoms with E-state index >= 15 is 0 Å². The second kappa shape index (κ2) is 11.2. The average Bonchev–Trinajstić information content (AvgIpc) is 2.66. The lowest BCUT2D eigenvalue weighted by molar-refractivity contribution is -0.148. The topological polar surface area (TPSA) is 75.6 Å². The Hall–Kier alpha value is -1.75. The van der Waals surface area contributed by atoms with Crippen molar-refractivity contribution in [2.75, 3.05) is 13.2 Å². The fraction of sp³-hybridized carbons (Fsp3) is 0.619. The Labute approximate surface area is 166 Å². The molecule has 0 aliphatic heterocycles. The van der Waals surface area contributed by atoms with E-state index in [4.69, 9.17) is 16.3 Å². The van der Waals surface area contributed by atoms with Crippen molar-refractivity contribution in [2.24, 2.45) is 11.8 Å². The van der Waals surface area contributed by atoms with Gasteiger partial charge in [0.1, 0.15) is 5.75 Å². The van der Waals surface area contributed by atoms with Gasteiger partial charge in [-0.25, -0.2) is 0 Å². The maximum Gasteiger partial charge on any atom is 0.307 e. The highest BCUT2D eigenvalue weighted by atomic mass is 35.5. The van der Waals surface area contributed by atoms with Gasteiger partial charge in [0.2, 0.25) is 5.91 Å². The molecule has 1 amide bonds. The van der Waals surface area contributed by atoms with Gasteiger partial charge in [-0.15, -0.1) is 0 Å². The maximum atomic E-state index is 12.5. The third kappa shape index (κ3) is 6.73. The molecule has 1 aromatic rings. The summed E-state index contributed by atoms with van der Waals surface area (Å²) in [5.74, 6) is -1.23. The van der Waals surface area contributed by atoms with E-state index in [-0.39, 0.29) is 5.91 Å². The van der Waals surface area contributed by atoms with Crippen LogP contribution in [-0.4, -0.2) is 30.1 Å². The minimum absolute atomic E-state index is 0.158. The van der Waals surface area contributed by atoms with Crippen LogP contribution in [0, 0.1) is 11.8 Å². The van der Waals surface area contributed by atoms with Crippen LogP contribution in [-0.2, 0) is 16.0 Å². The molecular weight excluding hydrogens is 366 g/mol. The molecule has 150 valence electrons. The van der Waals surface area contributed by atoms with E-state index in [1.54, 1.807) is 6.07 Å². The summed E-state index contributed by atoms with van der Waals surface area (Å²) in [6.07, 6.45) is 6.89. The molecule has 2 atom stereocenters. The Kier molecular flexibility index (Phi) is 8.92. The van der Waals surface area contributed by atoms with Gasteiger partial charge in [0.15, 0.2) is 0 Å².